The number of aromatic nitrogens is 3. The van der Waals surface area contributed by atoms with E-state index in [0.29, 0.717) is 35.9 Å². The van der Waals surface area contributed by atoms with Crippen molar-refractivity contribution in [2.45, 2.75) is 0 Å². The molecule has 0 radical (unpaired) electrons. The normalized spacial score (nSPS) is 14.1. The number of benzene rings is 2. The van der Waals surface area contributed by atoms with Gasteiger partial charge in [-0.15, -0.1) is 0 Å². The van der Waals surface area contributed by atoms with Crippen molar-refractivity contribution in [2.75, 3.05) is 36.5 Å². The van der Waals surface area contributed by atoms with Gasteiger partial charge in [-0.05, 0) is 23.6 Å². The molecule has 1 saturated heterocycles. The molecule has 0 atom stereocenters. The highest BCUT2D eigenvalue weighted by atomic mass is 16.5. The van der Waals surface area contributed by atoms with Gasteiger partial charge < -0.3 is 24.5 Å². The molecule has 164 valence electrons. The van der Waals surface area contributed by atoms with Crippen molar-refractivity contribution >= 4 is 38.9 Å². The number of pyridine rings is 1. The van der Waals surface area contributed by atoms with Crippen molar-refractivity contribution in [3.8, 4) is 17.1 Å². The lowest BCUT2D eigenvalue weighted by molar-refractivity contribution is 0.122. The van der Waals surface area contributed by atoms with Gasteiger partial charge in [0.15, 0.2) is 11.4 Å². The number of ether oxygens (including phenoxy) is 1. The van der Waals surface area contributed by atoms with Crippen LogP contribution in [0.15, 0.2) is 71.7 Å². The van der Waals surface area contributed by atoms with Gasteiger partial charge >= 0.3 is 0 Å². The fourth-order valence-corrected chi connectivity index (χ4v) is 4.22. The molecule has 2 N–H and O–H groups in total. The maximum atomic E-state index is 11.3. The van der Waals surface area contributed by atoms with Crippen LogP contribution in [0.1, 0.15) is 0 Å². The van der Waals surface area contributed by atoms with Gasteiger partial charge in [-0.25, -0.2) is 9.97 Å². The van der Waals surface area contributed by atoms with E-state index < -0.39 is 0 Å². The smallest absolute Gasteiger partial charge is 0.167 e. The van der Waals surface area contributed by atoms with Gasteiger partial charge in [-0.3, -0.25) is 4.98 Å². The number of phenolic OH excluding ortho intramolecular Hbond substituents is 1. The first-order valence-electron chi connectivity index (χ1n) is 10.8. The fourth-order valence-electron chi connectivity index (χ4n) is 4.22. The number of hydrogen-bond donors (Lipinski definition) is 2. The number of phenols is 1. The summed E-state index contributed by atoms with van der Waals surface area (Å²) in [7, 11) is 0. The number of fused-ring (bicyclic) bond motifs is 2. The summed E-state index contributed by atoms with van der Waals surface area (Å²) in [5, 5.41) is 17.3. The van der Waals surface area contributed by atoms with Gasteiger partial charge in [-0.1, -0.05) is 24.3 Å². The van der Waals surface area contributed by atoms with Crippen LogP contribution < -0.4 is 10.2 Å². The van der Waals surface area contributed by atoms with Crippen molar-refractivity contribution in [3.05, 3.63) is 67.3 Å². The van der Waals surface area contributed by atoms with E-state index in [9.17, 15) is 5.11 Å². The lowest BCUT2D eigenvalue weighted by Gasteiger charge is -2.28. The summed E-state index contributed by atoms with van der Waals surface area (Å²) in [5.74, 6) is 1.38. The van der Waals surface area contributed by atoms with E-state index in [2.05, 4.69) is 20.2 Å². The second-order valence-corrected chi connectivity index (χ2v) is 7.85. The molecular weight excluding hydrogens is 418 g/mol. The first kappa shape index (κ1) is 19.5. The summed E-state index contributed by atoms with van der Waals surface area (Å²) in [6, 6.07) is 13.5. The zero-order valence-corrected chi connectivity index (χ0v) is 17.7. The highest BCUT2D eigenvalue weighted by molar-refractivity contribution is 6.02. The van der Waals surface area contributed by atoms with Gasteiger partial charge in [0.25, 0.3) is 0 Å². The molecule has 5 aromatic rings. The Kier molecular flexibility index (Phi) is 4.77. The molecule has 6 rings (SSSR count). The third kappa shape index (κ3) is 3.50. The molecular formula is C25H21N5O3. The van der Waals surface area contributed by atoms with Crippen molar-refractivity contribution in [1.82, 2.24) is 15.0 Å². The molecule has 8 heteroatoms. The molecule has 3 aromatic heterocycles. The topological polar surface area (TPSA) is 96.5 Å². The molecule has 0 unspecified atom stereocenters. The van der Waals surface area contributed by atoms with Crippen LogP contribution in [0.2, 0.25) is 0 Å². The lowest BCUT2D eigenvalue weighted by atomic mass is 10.0. The lowest BCUT2D eigenvalue weighted by Crippen LogP contribution is -2.36. The third-order valence-corrected chi connectivity index (χ3v) is 5.87. The summed E-state index contributed by atoms with van der Waals surface area (Å²) >= 11 is 0. The highest BCUT2D eigenvalue weighted by Gasteiger charge is 2.20. The molecule has 1 fully saturated rings. The largest absolute Gasteiger partial charge is 0.506 e. The number of aromatic hydroxyl groups is 1. The number of anilines is 3. The number of furan rings is 1. The van der Waals surface area contributed by atoms with E-state index in [1.54, 1.807) is 24.9 Å². The van der Waals surface area contributed by atoms with Crippen molar-refractivity contribution in [3.63, 3.8) is 0 Å². The van der Waals surface area contributed by atoms with E-state index in [4.69, 9.17) is 14.1 Å². The quantitative estimate of drug-likeness (QED) is 0.415. The van der Waals surface area contributed by atoms with Crippen LogP contribution in [-0.4, -0.2) is 46.4 Å². The van der Waals surface area contributed by atoms with Crippen LogP contribution in [0.5, 0.6) is 5.75 Å². The Balaban J connectivity index is 1.51. The minimum absolute atomic E-state index is 0.129. The van der Waals surface area contributed by atoms with E-state index in [1.165, 1.54) is 0 Å². The summed E-state index contributed by atoms with van der Waals surface area (Å²) in [6.07, 6.45) is 6.77. The van der Waals surface area contributed by atoms with Gasteiger partial charge in [0, 0.05) is 36.3 Å². The van der Waals surface area contributed by atoms with Crippen molar-refractivity contribution in [2.24, 2.45) is 0 Å². The maximum absolute atomic E-state index is 11.3. The average Bonchev–Trinajstić information content (AvgIpc) is 3.28. The van der Waals surface area contributed by atoms with E-state index in [1.807, 2.05) is 42.5 Å². The van der Waals surface area contributed by atoms with Gasteiger partial charge in [0.2, 0.25) is 0 Å². The van der Waals surface area contributed by atoms with Gasteiger partial charge in [0.1, 0.15) is 17.8 Å². The first-order valence-corrected chi connectivity index (χ1v) is 10.8. The Morgan fingerprint density at radius 2 is 1.85 bits per heavy atom. The number of morpholine rings is 1. The molecule has 4 heterocycles. The van der Waals surface area contributed by atoms with Crippen LogP contribution in [-0.2, 0) is 4.74 Å². The Labute approximate surface area is 189 Å². The maximum Gasteiger partial charge on any atom is 0.167 e. The molecule has 8 nitrogen and oxygen atoms in total. The second-order valence-electron chi connectivity index (χ2n) is 7.85. The van der Waals surface area contributed by atoms with Crippen LogP contribution in [0.25, 0.3) is 33.1 Å². The summed E-state index contributed by atoms with van der Waals surface area (Å²) in [5.41, 5.74) is 2.67. The molecule has 33 heavy (non-hydrogen) atoms. The third-order valence-electron chi connectivity index (χ3n) is 5.87. The minimum atomic E-state index is 0.129. The van der Waals surface area contributed by atoms with Crippen molar-refractivity contribution in [1.29, 1.82) is 0 Å². The molecule has 0 aliphatic carbocycles. The Morgan fingerprint density at radius 3 is 2.76 bits per heavy atom. The fraction of sp³-hybridized carbons (Fsp3) is 0.160. The van der Waals surface area contributed by atoms with E-state index in [0.717, 1.165) is 40.8 Å². The monoisotopic (exact) mass is 439 g/mol. The van der Waals surface area contributed by atoms with E-state index in [-0.39, 0.29) is 5.75 Å². The molecule has 0 bridgehead atoms. The number of hydrogen-bond acceptors (Lipinski definition) is 8. The first-order chi connectivity index (χ1) is 16.3. The molecule has 0 spiro atoms. The van der Waals surface area contributed by atoms with E-state index >= 15 is 0 Å². The Morgan fingerprint density at radius 1 is 0.970 bits per heavy atom. The zero-order valence-electron chi connectivity index (χ0n) is 17.7. The van der Waals surface area contributed by atoms with Crippen molar-refractivity contribution < 1.29 is 14.3 Å². The number of nitrogens with zero attached hydrogens (tertiary/aromatic N) is 4. The second kappa shape index (κ2) is 8.07. The van der Waals surface area contributed by atoms with Crippen LogP contribution in [0.4, 0.5) is 17.2 Å². The molecule has 0 saturated carbocycles. The SMILES string of the molecule is Oc1c(-c2nccc(N3CCOCC3)n2)c(Nc2coc3cnccc23)cc2ccccc12. The number of rotatable bonds is 4. The van der Waals surface area contributed by atoms with Crippen LogP contribution >= 0.6 is 0 Å². The Hall–Kier alpha value is -4.17. The van der Waals surface area contributed by atoms with Gasteiger partial charge in [0.05, 0.1) is 36.3 Å². The average molecular weight is 439 g/mol. The summed E-state index contributed by atoms with van der Waals surface area (Å²) < 4.78 is 11.1. The standard InChI is InChI=1S/C25H21N5O3/c31-24-17-4-2-1-3-16(17)13-19(28-20-15-33-21-14-26-7-5-18(20)21)23(24)25-27-8-6-22(29-25)30-9-11-32-12-10-30/h1-8,13-15,28,31H,9-12H2. The molecule has 1 aliphatic heterocycles. The minimum Gasteiger partial charge on any atom is -0.506 e. The summed E-state index contributed by atoms with van der Waals surface area (Å²) in [4.78, 5) is 15.6. The predicted octanol–water partition coefficient (Wildman–Crippen LogP) is 4.72. The Bertz CT molecular complexity index is 1460. The highest BCUT2D eigenvalue weighted by Crippen LogP contribution is 2.43. The molecule has 0 amide bonds. The zero-order chi connectivity index (χ0) is 22.2. The van der Waals surface area contributed by atoms with Crippen LogP contribution in [0.3, 0.4) is 0 Å². The molecule has 2 aromatic carbocycles. The number of nitrogens with one attached hydrogen (secondary N) is 1. The van der Waals surface area contributed by atoms with Crippen LogP contribution in [0, 0.1) is 0 Å². The van der Waals surface area contributed by atoms with Gasteiger partial charge in [-0.2, -0.15) is 0 Å². The summed E-state index contributed by atoms with van der Waals surface area (Å²) in [6.45, 7) is 2.85. The molecule has 1 aliphatic rings. The predicted molar refractivity (Wildman–Crippen MR) is 127 cm³/mol.